The van der Waals surface area contributed by atoms with Crippen LogP contribution in [0.15, 0.2) is 12.1 Å². The number of carbonyl (C=O) groups excluding carboxylic acids is 2. The molecular weight excluding hydrogens is 302 g/mol. The minimum absolute atomic E-state index is 0.166. The Morgan fingerprint density at radius 2 is 2.09 bits per heavy atom. The molecule has 2 aliphatic rings. The van der Waals surface area contributed by atoms with E-state index in [0.717, 1.165) is 12.8 Å². The van der Waals surface area contributed by atoms with Crippen molar-refractivity contribution in [1.29, 1.82) is 0 Å². The maximum absolute atomic E-state index is 12.4. The van der Waals surface area contributed by atoms with E-state index in [9.17, 15) is 9.59 Å². The lowest BCUT2D eigenvalue weighted by molar-refractivity contribution is 0.0874. The van der Waals surface area contributed by atoms with Gasteiger partial charge in [-0.1, -0.05) is 0 Å². The van der Waals surface area contributed by atoms with Gasteiger partial charge in [-0.25, -0.2) is 14.5 Å². The molecule has 0 bridgehead atoms. The van der Waals surface area contributed by atoms with E-state index in [0.29, 0.717) is 37.9 Å². The third-order valence-electron chi connectivity index (χ3n) is 3.85. The van der Waals surface area contributed by atoms with Crippen LogP contribution < -0.4 is 14.8 Å². The highest BCUT2D eigenvalue weighted by Gasteiger charge is 2.33. The zero-order valence-corrected chi connectivity index (χ0v) is 12.9. The van der Waals surface area contributed by atoms with Crippen molar-refractivity contribution in [1.82, 2.24) is 25.3 Å². The number of aromatic nitrogens is 2. The Balaban J connectivity index is 1.59. The summed E-state index contributed by atoms with van der Waals surface area (Å²) < 4.78 is 10.7. The second-order valence-electron chi connectivity index (χ2n) is 5.41. The number of urea groups is 2. The Labute approximate surface area is 133 Å². The van der Waals surface area contributed by atoms with Crippen molar-refractivity contribution in [3.63, 3.8) is 0 Å². The molecule has 23 heavy (non-hydrogen) atoms. The van der Waals surface area contributed by atoms with Crippen molar-refractivity contribution in [3.8, 4) is 11.8 Å². The third kappa shape index (κ3) is 3.43. The van der Waals surface area contributed by atoms with E-state index in [4.69, 9.17) is 9.47 Å². The second kappa shape index (κ2) is 6.67. The molecule has 0 radical (unpaired) electrons. The summed E-state index contributed by atoms with van der Waals surface area (Å²) in [6, 6.07) is 2.75. The maximum Gasteiger partial charge on any atom is 0.328 e. The van der Waals surface area contributed by atoms with E-state index in [-0.39, 0.29) is 18.2 Å². The molecule has 2 fully saturated rings. The Bertz CT molecular complexity index is 579. The first-order valence-corrected chi connectivity index (χ1v) is 7.56. The molecule has 124 valence electrons. The quantitative estimate of drug-likeness (QED) is 0.869. The summed E-state index contributed by atoms with van der Waals surface area (Å²) in [5.74, 6) is 0.807. The molecule has 1 aromatic heterocycles. The van der Waals surface area contributed by atoms with Crippen LogP contribution in [0.2, 0.25) is 0 Å². The molecule has 4 amide bonds. The Hall–Kier alpha value is -2.58. The van der Waals surface area contributed by atoms with Crippen molar-refractivity contribution in [3.05, 3.63) is 12.1 Å². The number of imide groups is 1. The number of nitrogens with zero attached hydrogens (tertiary/aromatic N) is 4. The molecular formula is C14H19N5O4. The minimum Gasteiger partial charge on any atom is -0.480 e. The van der Waals surface area contributed by atoms with E-state index in [1.54, 1.807) is 17.0 Å². The van der Waals surface area contributed by atoms with Crippen molar-refractivity contribution in [2.24, 2.45) is 0 Å². The number of ether oxygens (including phenoxy) is 2. The molecule has 0 aliphatic carbocycles. The highest BCUT2D eigenvalue weighted by Crippen LogP contribution is 2.19. The molecule has 3 heterocycles. The fourth-order valence-corrected chi connectivity index (χ4v) is 2.68. The van der Waals surface area contributed by atoms with E-state index in [1.165, 1.54) is 12.0 Å². The lowest BCUT2D eigenvalue weighted by Gasteiger charge is -2.34. The topological polar surface area (TPSA) is 96.9 Å². The maximum atomic E-state index is 12.4. The molecule has 0 aromatic carbocycles. The zero-order valence-electron chi connectivity index (χ0n) is 12.9. The molecule has 2 saturated heterocycles. The predicted octanol–water partition coefficient (Wildman–Crippen LogP) is 0.474. The van der Waals surface area contributed by atoms with Crippen LogP contribution in [-0.2, 0) is 0 Å². The largest absolute Gasteiger partial charge is 0.480 e. The number of hydrogen-bond donors (Lipinski definition) is 1. The molecule has 9 nitrogen and oxygen atoms in total. The average molecular weight is 321 g/mol. The van der Waals surface area contributed by atoms with Crippen molar-refractivity contribution >= 4 is 12.1 Å². The van der Waals surface area contributed by atoms with Gasteiger partial charge in [0.1, 0.15) is 6.10 Å². The lowest BCUT2D eigenvalue weighted by Crippen LogP contribution is -2.50. The minimum atomic E-state index is -0.334. The lowest BCUT2D eigenvalue weighted by atomic mass is 10.1. The molecule has 3 rings (SSSR count). The summed E-state index contributed by atoms with van der Waals surface area (Å²) in [4.78, 5) is 26.9. The van der Waals surface area contributed by atoms with Gasteiger partial charge in [-0.2, -0.15) is 0 Å². The van der Waals surface area contributed by atoms with Crippen molar-refractivity contribution in [2.45, 2.75) is 18.9 Å². The van der Waals surface area contributed by atoms with Crippen molar-refractivity contribution in [2.75, 3.05) is 33.3 Å². The number of hydrogen-bond acceptors (Lipinski definition) is 6. The predicted molar refractivity (Wildman–Crippen MR) is 79.3 cm³/mol. The number of rotatable bonds is 3. The summed E-state index contributed by atoms with van der Waals surface area (Å²) in [7, 11) is 1.52. The molecule has 1 aromatic rings. The van der Waals surface area contributed by atoms with Crippen molar-refractivity contribution < 1.29 is 19.1 Å². The normalized spacial score (nSPS) is 21.1. The summed E-state index contributed by atoms with van der Waals surface area (Å²) >= 11 is 0. The van der Waals surface area contributed by atoms with Crippen LogP contribution in [0.5, 0.6) is 11.8 Å². The van der Waals surface area contributed by atoms with Gasteiger partial charge in [0.05, 0.1) is 13.7 Å². The van der Waals surface area contributed by atoms with E-state index in [1.807, 2.05) is 0 Å². The first-order valence-electron chi connectivity index (χ1n) is 7.56. The van der Waals surface area contributed by atoms with E-state index in [2.05, 4.69) is 15.5 Å². The fourth-order valence-electron chi connectivity index (χ4n) is 2.68. The SMILES string of the molecule is COc1ccc(OC2CCCN(C(=O)N3CCNC3=O)C2)nn1. The Kier molecular flexibility index (Phi) is 4.45. The molecule has 9 heteroatoms. The Morgan fingerprint density at radius 1 is 1.30 bits per heavy atom. The number of amides is 4. The van der Waals surface area contributed by atoms with Crippen LogP contribution in [-0.4, -0.2) is 71.5 Å². The smallest absolute Gasteiger partial charge is 0.328 e. The van der Waals surface area contributed by atoms with Gasteiger partial charge >= 0.3 is 12.1 Å². The highest BCUT2D eigenvalue weighted by molar-refractivity contribution is 5.95. The zero-order chi connectivity index (χ0) is 16.2. The van der Waals surface area contributed by atoms with Gasteiger partial charge in [0.15, 0.2) is 0 Å². The van der Waals surface area contributed by atoms with Crippen LogP contribution in [0.25, 0.3) is 0 Å². The highest BCUT2D eigenvalue weighted by atomic mass is 16.5. The van der Waals surface area contributed by atoms with E-state index >= 15 is 0 Å². The number of carbonyl (C=O) groups is 2. The number of piperidine rings is 1. The summed E-state index contributed by atoms with van der Waals surface area (Å²) in [5.41, 5.74) is 0. The number of nitrogens with one attached hydrogen (secondary N) is 1. The van der Waals surface area contributed by atoms with Crippen LogP contribution in [0.4, 0.5) is 9.59 Å². The van der Waals surface area contributed by atoms with Gasteiger partial charge in [0, 0.05) is 31.8 Å². The Morgan fingerprint density at radius 3 is 2.74 bits per heavy atom. The van der Waals surface area contributed by atoms with Gasteiger partial charge < -0.3 is 19.7 Å². The average Bonchev–Trinajstić information content (AvgIpc) is 3.01. The molecule has 0 saturated carbocycles. The molecule has 0 spiro atoms. The van der Waals surface area contributed by atoms with Gasteiger partial charge in [-0.3, -0.25) is 0 Å². The monoisotopic (exact) mass is 321 g/mol. The third-order valence-corrected chi connectivity index (χ3v) is 3.85. The number of methoxy groups -OCH3 is 1. The van der Waals surface area contributed by atoms with Gasteiger partial charge in [0.25, 0.3) is 0 Å². The molecule has 1 N–H and O–H groups in total. The van der Waals surface area contributed by atoms with Crippen LogP contribution in [0.1, 0.15) is 12.8 Å². The standard InChI is InChI=1S/C14H19N5O4/c1-22-11-4-5-12(17-16-11)23-10-3-2-7-18(9-10)14(21)19-8-6-15-13(19)20/h4-5,10H,2-3,6-9H2,1H3,(H,15,20). The van der Waals surface area contributed by atoms with Gasteiger partial charge in [-0.15, -0.1) is 10.2 Å². The molecule has 2 aliphatic heterocycles. The summed E-state index contributed by atoms with van der Waals surface area (Å²) in [5, 5.41) is 10.4. The summed E-state index contributed by atoms with van der Waals surface area (Å²) in [6.45, 7) is 1.95. The van der Waals surface area contributed by atoms with Crippen LogP contribution in [0.3, 0.4) is 0 Å². The second-order valence-corrected chi connectivity index (χ2v) is 5.41. The van der Waals surface area contributed by atoms with Crippen LogP contribution in [0, 0.1) is 0 Å². The molecule has 1 unspecified atom stereocenters. The molecule has 1 atom stereocenters. The first-order chi connectivity index (χ1) is 11.2. The first kappa shape index (κ1) is 15.3. The van der Waals surface area contributed by atoms with E-state index < -0.39 is 0 Å². The van der Waals surface area contributed by atoms with Gasteiger partial charge in [-0.05, 0) is 12.8 Å². The number of likely N-dealkylation sites (tertiary alicyclic amines) is 1. The van der Waals surface area contributed by atoms with Crippen LogP contribution >= 0.6 is 0 Å². The van der Waals surface area contributed by atoms with Gasteiger partial charge in [0.2, 0.25) is 11.8 Å². The summed E-state index contributed by atoms with van der Waals surface area (Å²) in [6.07, 6.45) is 1.47. The fraction of sp³-hybridized carbons (Fsp3) is 0.571.